The molecule has 11 heteroatoms. The Morgan fingerprint density at radius 2 is 1.81 bits per heavy atom. The Bertz CT molecular complexity index is 1240. The van der Waals surface area contributed by atoms with Crippen LogP contribution in [-0.4, -0.2) is 59.9 Å². The molecule has 36 heavy (non-hydrogen) atoms. The van der Waals surface area contributed by atoms with Gasteiger partial charge >= 0.3 is 6.18 Å². The maximum Gasteiger partial charge on any atom is 0.416 e. The Kier molecular flexibility index (Phi) is 7.45. The van der Waals surface area contributed by atoms with Gasteiger partial charge < -0.3 is 16.0 Å². The van der Waals surface area contributed by atoms with Crippen LogP contribution in [0.4, 0.5) is 24.7 Å². The second-order valence-electron chi connectivity index (χ2n) is 8.50. The molecule has 0 saturated carbocycles. The first-order valence-corrected chi connectivity index (χ1v) is 11.5. The maximum absolute atomic E-state index is 13.0. The summed E-state index contributed by atoms with van der Waals surface area (Å²) in [5.41, 5.74) is 7.28. The molecule has 4 rings (SSSR count). The summed E-state index contributed by atoms with van der Waals surface area (Å²) in [6.45, 7) is 4.08. The Morgan fingerprint density at radius 1 is 1.08 bits per heavy atom. The molecule has 0 spiro atoms. The van der Waals surface area contributed by atoms with Gasteiger partial charge in [-0.05, 0) is 55.4 Å². The van der Waals surface area contributed by atoms with Crippen LogP contribution < -0.4 is 16.0 Å². The first-order valence-electron chi connectivity index (χ1n) is 11.5. The smallest absolute Gasteiger partial charge is 0.382 e. The second kappa shape index (κ2) is 10.7. The van der Waals surface area contributed by atoms with Crippen LogP contribution >= 0.6 is 0 Å². The molecule has 1 aliphatic rings. The number of carbonyl (C=O) groups is 1. The zero-order chi connectivity index (χ0) is 25.7. The molecule has 0 bridgehead atoms. The molecule has 1 aromatic heterocycles. The van der Waals surface area contributed by atoms with Gasteiger partial charge in [0.15, 0.2) is 0 Å². The van der Waals surface area contributed by atoms with Crippen molar-refractivity contribution in [1.29, 1.82) is 5.26 Å². The van der Waals surface area contributed by atoms with Gasteiger partial charge in [-0.15, -0.1) is 0 Å². The van der Waals surface area contributed by atoms with Gasteiger partial charge in [-0.1, -0.05) is 6.07 Å². The van der Waals surface area contributed by atoms with Gasteiger partial charge in [0.25, 0.3) is 5.91 Å². The molecule has 1 amide bonds. The minimum Gasteiger partial charge on any atom is -0.382 e. The van der Waals surface area contributed by atoms with E-state index in [0.29, 0.717) is 36.6 Å². The molecule has 0 aliphatic carbocycles. The molecule has 2 aromatic carbocycles. The molecule has 1 fully saturated rings. The van der Waals surface area contributed by atoms with Crippen LogP contribution in [0, 0.1) is 11.3 Å². The van der Waals surface area contributed by atoms with Crippen molar-refractivity contribution in [1.82, 2.24) is 20.0 Å². The van der Waals surface area contributed by atoms with Crippen molar-refractivity contribution in [2.75, 3.05) is 49.9 Å². The SMILES string of the molecule is N#Cc1cnn(-c2ccc(C(=O)NCCCN3CCN(c4cccc(C(F)(F)F)c4)CC3)cc2)c1N. The first-order chi connectivity index (χ1) is 17.3. The van der Waals surface area contributed by atoms with Crippen molar-refractivity contribution < 1.29 is 18.0 Å². The highest BCUT2D eigenvalue weighted by Gasteiger charge is 2.31. The molecule has 1 saturated heterocycles. The van der Waals surface area contributed by atoms with Crippen LogP contribution in [0.25, 0.3) is 5.69 Å². The van der Waals surface area contributed by atoms with E-state index >= 15 is 0 Å². The highest BCUT2D eigenvalue weighted by atomic mass is 19.4. The molecule has 2 heterocycles. The number of rotatable bonds is 7. The van der Waals surface area contributed by atoms with Crippen molar-refractivity contribution in [2.45, 2.75) is 12.6 Å². The third kappa shape index (κ3) is 5.78. The number of piperazine rings is 1. The molecular weight excluding hydrogens is 471 g/mol. The highest BCUT2D eigenvalue weighted by molar-refractivity contribution is 5.94. The predicted octanol–water partition coefficient (Wildman–Crippen LogP) is 3.29. The van der Waals surface area contributed by atoms with Gasteiger partial charge in [-0.3, -0.25) is 9.69 Å². The van der Waals surface area contributed by atoms with Crippen molar-refractivity contribution in [2.24, 2.45) is 0 Å². The number of aromatic nitrogens is 2. The van der Waals surface area contributed by atoms with Gasteiger partial charge in [0.1, 0.15) is 17.5 Å². The van der Waals surface area contributed by atoms with Crippen molar-refractivity contribution in [3.8, 4) is 11.8 Å². The maximum atomic E-state index is 13.0. The van der Waals surface area contributed by atoms with Crippen LogP contribution in [0.3, 0.4) is 0 Å². The number of nitrogens with zero attached hydrogens (tertiary/aromatic N) is 5. The average Bonchev–Trinajstić information content (AvgIpc) is 3.26. The number of anilines is 2. The van der Waals surface area contributed by atoms with E-state index in [-0.39, 0.29) is 17.3 Å². The standard InChI is InChI=1S/C25H26F3N7O/c26-25(27,28)20-3-1-4-22(15-20)34-13-11-33(12-14-34)10-2-9-31-24(36)18-5-7-21(8-6-18)35-23(30)19(16-29)17-32-35/h1,3-8,15,17H,2,9-14,30H2,(H,31,36). The van der Waals surface area contributed by atoms with E-state index in [9.17, 15) is 18.0 Å². The van der Waals surface area contributed by atoms with Gasteiger partial charge in [0.05, 0.1) is 17.4 Å². The number of carbonyl (C=O) groups excluding carboxylic acids is 1. The summed E-state index contributed by atoms with van der Waals surface area (Å²) in [6.07, 6.45) is -2.20. The van der Waals surface area contributed by atoms with Crippen LogP contribution in [0.2, 0.25) is 0 Å². The lowest BCUT2D eigenvalue weighted by Crippen LogP contribution is -2.47. The van der Waals surface area contributed by atoms with Crippen LogP contribution in [0.1, 0.15) is 27.9 Å². The van der Waals surface area contributed by atoms with Crippen molar-refractivity contribution in [3.63, 3.8) is 0 Å². The summed E-state index contributed by atoms with van der Waals surface area (Å²) in [6, 6.07) is 14.2. The number of halogens is 3. The number of nitrogen functional groups attached to an aromatic ring is 1. The molecule has 0 radical (unpaired) electrons. The third-order valence-electron chi connectivity index (χ3n) is 6.15. The highest BCUT2D eigenvalue weighted by Crippen LogP contribution is 2.31. The van der Waals surface area contributed by atoms with Gasteiger partial charge in [0.2, 0.25) is 0 Å². The van der Waals surface area contributed by atoms with E-state index in [1.807, 2.05) is 11.0 Å². The molecule has 8 nitrogen and oxygen atoms in total. The zero-order valence-electron chi connectivity index (χ0n) is 19.5. The molecule has 188 valence electrons. The zero-order valence-corrected chi connectivity index (χ0v) is 19.5. The topological polar surface area (TPSA) is 103 Å². The van der Waals surface area contributed by atoms with E-state index in [1.165, 1.54) is 23.0 Å². The monoisotopic (exact) mass is 497 g/mol. The van der Waals surface area contributed by atoms with Gasteiger partial charge in [-0.25, -0.2) is 4.68 Å². The largest absolute Gasteiger partial charge is 0.416 e. The Balaban J connectivity index is 1.20. The minimum atomic E-state index is -4.35. The summed E-state index contributed by atoms with van der Waals surface area (Å²) >= 11 is 0. The fourth-order valence-electron chi connectivity index (χ4n) is 4.12. The lowest BCUT2D eigenvalue weighted by atomic mass is 10.1. The minimum absolute atomic E-state index is 0.193. The summed E-state index contributed by atoms with van der Waals surface area (Å²) in [5, 5.41) is 16.0. The lowest BCUT2D eigenvalue weighted by molar-refractivity contribution is -0.137. The van der Waals surface area contributed by atoms with Gasteiger partial charge in [0, 0.05) is 44.0 Å². The quantitative estimate of drug-likeness (QED) is 0.486. The molecular formula is C25H26F3N7O. The molecule has 0 atom stereocenters. The van der Waals surface area contributed by atoms with Crippen LogP contribution in [0.5, 0.6) is 0 Å². The normalized spacial score (nSPS) is 14.4. The van der Waals surface area contributed by atoms with Crippen molar-refractivity contribution in [3.05, 3.63) is 71.4 Å². The van der Waals surface area contributed by atoms with Crippen molar-refractivity contribution >= 4 is 17.4 Å². The number of alkyl halides is 3. The summed E-state index contributed by atoms with van der Waals surface area (Å²) in [4.78, 5) is 16.7. The number of nitrogens with two attached hydrogens (primary N) is 1. The number of hydrogen-bond donors (Lipinski definition) is 2. The number of benzene rings is 2. The fourth-order valence-corrected chi connectivity index (χ4v) is 4.12. The first kappa shape index (κ1) is 25.1. The van der Waals surface area contributed by atoms with Crippen LogP contribution in [0.15, 0.2) is 54.7 Å². The Labute approximate surface area is 206 Å². The number of nitriles is 1. The Morgan fingerprint density at radius 3 is 2.44 bits per heavy atom. The van der Waals surface area contributed by atoms with E-state index < -0.39 is 11.7 Å². The average molecular weight is 498 g/mol. The summed E-state index contributed by atoms with van der Waals surface area (Å²) in [7, 11) is 0. The van der Waals surface area contributed by atoms with E-state index in [2.05, 4.69) is 15.3 Å². The van der Waals surface area contributed by atoms with E-state index in [4.69, 9.17) is 11.0 Å². The molecule has 3 aromatic rings. The third-order valence-corrected chi connectivity index (χ3v) is 6.15. The number of nitrogens with one attached hydrogen (secondary N) is 1. The van der Waals surface area contributed by atoms with E-state index in [0.717, 1.165) is 32.1 Å². The van der Waals surface area contributed by atoms with Crippen LogP contribution in [-0.2, 0) is 6.18 Å². The lowest BCUT2D eigenvalue weighted by Gasteiger charge is -2.36. The van der Waals surface area contributed by atoms with E-state index in [1.54, 1.807) is 30.3 Å². The molecule has 0 unspecified atom stereocenters. The number of amides is 1. The number of hydrogen-bond acceptors (Lipinski definition) is 6. The summed E-state index contributed by atoms with van der Waals surface area (Å²) < 4.78 is 40.4. The fraction of sp³-hybridized carbons (Fsp3) is 0.320. The molecule has 3 N–H and O–H groups in total. The molecule has 1 aliphatic heterocycles. The second-order valence-corrected chi connectivity index (χ2v) is 8.50. The predicted molar refractivity (Wildman–Crippen MR) is 130 cm³/mol. The Hall–Kier alpha value is -4.04. The summed E-state index contributed by atoms with van der Waals surface area (Å²) in [5.74, 6) is 0.0485. The van der Waals surface area contributed by atoms with Gasteiger partial charge in [-0.2, -0.15) is 23.5 Å².